The number of pyridine rings is 1. The number of hydrogen-bond acceptors (Lipinski definition) is 4. The number of ether oxygens (including phenoxy) is 1. The van der Waals surface area contributed by atoms with Gasteiger partial charge in [-0.1, -0.05) is 12.1 Å². The van der Waals surface area contributed by atoms with Gasteiger partial charge in [0.05, 0.1) is 6.61 Å². The normalized spacial score (nSPS) is 10.1. The van der Waals surface area contributed by atoms with Crippen molar-refractivity contribution in [1.82, 2.24) is 4.98 Å². The zero-order chi connectivity index (χ0) is 13.0. The summed E-state index contributed by atoms with van der Waals surface area (Å²) in [5.74, 6) is 0.654. The second-order valence-corrected chi connectivity index (χ2v) is 3.62. The molecule has 2 aromatic rings. The molecule has 0 bridgehead atoms. The van der Waals surface area contributed by atoms with Gasteiger partial charge >= 0.3 is 5.82 Å². The molecule has 1 aromatic carbocycles. The Morgan fingerprint density at radius 1 is 1.17 bits per heavy atom. The minimum atomic E-state index is -0.512. The minimum Gasteiger partial charge on any atom is -0.494 e. The van der Waals surface area contributed by atoms with Crippen molar-refractivity contribution in [2.24, 2.45) is 0 Å². The van der Waals surface area contributed by atoms with Crippen molar-refractivity contribution in [3.63, 3.8) is 0 Å². The van der Waals surface area contributed by atoms with Crippen molar-refractivity contribution < 1.29 is 9.66 Å². The predicted molar refractivity (Wildman–Crippen MR) is 67.5 cm³/mol. The lowest BCUT2D eigenvalue weighted by molar-refractivity contribution is -0.389. The quantitative estimate of drug-likeness (QED) is 0.612. The van der Waals surface area contributed by atoms with Crippen LogP contribution in [0.4, 0.5) is 5.82 Å². The largest absolute Gasteiger partial charge is 0.494 e. The molecular formula is C13H12N2O3. The summed E-state index contributed by atoms with van der Waals surface area (Å²) in [6.45, 7) is 2.55. The van der Waals surface area contributed by atoms with Crippen molar-refractivity contribution in [2.75, 3.05) is 6.61 Å². The number of hydrogen-bond donors (Lipinski definition) is 0. The first-order valence-corrected chi connectivity index (χ1v) is 5.54. The topological polar surface area (TPSA) is 65.3 Å². The van der Waals surface area contributed by atoms with Crippen molar-refractivity contribution in [1.29, 1.82) is 0 Å². The molecule has 0 radical (unpaired) electrons. The number of nitro groups is 1. The highest BCUT2D eigenvalue weighted by Gasteiger charge is 2.07. The van der Waals surface area contributed by atoms with Gasteiger partial charge in [0.15, 0.2) is 0 Å². The van der Waals surface area contributed by atoms with E-state index in [2.05, 4.69) is 4.98 Å². The fraction of sp³-hybridized carbons (Fsp3) is 0.154. The van der Waals surface area contributed by atoms with Gasteiger partial charge in [-0.3, -0.25) is 0 Å². The molecular weight excluding hydrogens is 232 g/mol. The highest BCUT2D eigenvalue weighted by atomic mass is 16.6. The van der Waals surface area contributed by atoms with Gasteiger partial charge in [0.25, 0.3) is 0 Å². The molecule has 0 aliphatic rings. The third kappa shape index (κ3) is 2.63. The minimum absolute atomic E-state index is 0.148. The van der Waals surface area contributed by atoms with Crippen LogP contribution in [-0.4, -0.2) is 16.5 Å². The molecule has 5 nitrogen and oxygen atoms in total. The maximum atomic E-state index is 10.5. The fourth-order valence-electron chi connectivity index (χ4n) is 1.58. The van der Waals surface area contributed by atoms with E-state index in [4.69, 9.17) is 4.74 Å². The van der Waals surface area contributed by atoms with Crippen LogP contribution >= 0.6 is 0 Å². The van der Waals surface area contributed by atoms with Crippen LogP contribution < -0.4 is 4.74 Å². The van der Waals surface area contributed by atoms with Gasteiger partial charge in [0, 0.05) is 11.6 Å². The van der Waals surface area contributed by atoms with E-state index >= 15 is 0 Å². The molecule has 0 unspecified atom stereocenters. The molecule has 5 heteroatoms. The fourth-order valence-corrected chi connectivity index (χ4v) is 1.58. The third-order valence-electron chi connectivity index (χ3n) is 2.43. The number of aromatic nitrogens is 1. The summed E-state index contributed by atoms with van der Waals surface area (Å²) in [6.07, 6.45) is 1.49. The van der Waals surface area contributed by atoms with Gasteiger partial charge in [0.2, 0.25) is 0 Å². The molecule has 0 aliphatic carbocycles. The average Bonchev–Trinajstić information content (AvgIpc) is 2.40. The van der Waals surface area contributed by atoms with Crippen molar-refractivity contribution >= 4 is 5.82 Å². The monoisotopic (exact) mass is 244 g/mol. The molecule has 0 saturated carbocycles. The molecule has 0 atom stereocenters. The standard InChI is InChI=1S/C13H12N2O3/c1-2-18-12-6-3-10(4-7-12)11-5-8-13(14-9-11)15(16)17/h3-9H,2H2,1H3. The van der Waals surface area contributed by atoms with E-state index in [9.17, 15) is 10.1 Å². The highest BCUT2D eigenvalue weighted by Crippen LogP contribution is 2.22. The molecule has 1 aromatic heterocycles. The third-order valence-corrected chi connectivity index (χ3v) is 2.43. The molecule has 1 heterocycles. The lowest BCUT2D eigenvalue weighted by Gasteiger charge is -2.04. The second kappa shape index (κ2) is 5.27. The molecule has 0 N–H and O–H groups in total. The first-order chi connectivity index (χ1) is 8.70. The molecule has 0 fully saturated rings. The lowest BCUT2D eigenvalue weighted by atomic mass is 10.1. The van der Waals surface area contributed by atoms with Crippen LogP contribution in [0.2, 0.25) is 0 Å². The van der Waals surface area contributed by atoms with E-state index in [1.165, 1.54) is 12.3 Å². The Kier molecular flexibility index (Phi) is 3.52. The predicted octanol–water partition coefficient (Wildman–Crippen LogP) is 3.06. The van der Waals surface area contributed by atoms with E-state index in [-0.39, 0.29) is 5.82 Å². The van der Waals surface area contributed by atoms with Crippen LogP contribution in [0.3, 0.4) is 0 Å². The number of benzene rings is 1. The summed E-state index contributed by atoms with van der Waals surface area (Å²) in [6, 6.07) is 10.6. The number of rotatable bonds is 4. The van der Waals surface area contributed by atoms with Crippen molar-refractivity contribution in [3.05, 3.63) is 52.7 Å². The lowest BCUT2D eigenvalue weighted by Crippen LogP contribution is -1.92. The van der Waals surface area contributed by atoms with Gasteiger partial charge in [0.1, 0.15) is 11.9 Å². The van der Waals surface area contributed by atoms with Crippen LogP contribution in [0.5, 0.6) is 5.75 Å². The second-order valence-electron chi connectivity index (χ2n) is 3.62. The Bertz CT molecular complexity index is 535. The molecule has 0 saturated heterocycles. The maximum absolute atomic E-state index is 10.5. The Labute approximate surface area is 104 Å². The van der Waals surface area contributed by atoms with Crippen LogP contribution in [-0.2, 0) is 0 Å². The SMILES string of the molecule is CCOc1ccc(-c2ccc([N+](=O)[O-])nc2)cc1. The first-order valence-electron chi connectivity index (χ1n) is 5.54. The first kappa shape index (κ1) is 12.0. The summed E-state index contributed by atoms with van der Waals surface area (Å²) in [4.78, 5) is 13.8. The van der Waals surface area contributed by atoms with Crippen LogP contribution in [0, 0.1) is 10.1 Å². The summed E-state index contributed by atoms with van der Waals surface area (Å²) >= 11 is 0. The molecule has 0 spiro atoms. The van der Waals surface area contributed by atoms with E-state index in [1.54, 1.807) is 6.07 Å². The molecule has 2 rings (SSSR count). The van der Waals surface area contributed by atoms with E-state index in [1.807, 2.05) is 31.2 Å². The van der Waals surface area contributed by atoms with Gasteiger partial charge in [-0.05, 0) is 40.6 Å². The van der Waals surface area contributed by atoms with Crippen LogP contribution in [0.15, 0.2) is 42.6 Å². The molecule has 18 heavy (non-hydrogen) atoms. The molecule has 92 valence electrons. The zero-order valence-corrected chi connectivity index (χ0v) is 9.87. The Morgan fingerprint density at radius 3 is 2.33 bits per heavy atom. The molecule has 0 amide bonds. The zero-order valence-electron chi connectivity index (χ0n) is 9.87. The van der Waals surface area contributed by atoms with Gasteiger partial charge in [-0.25, -0.2) is 0 Å². The van der Waals surface area contributed by atoms with Crippen LogP contribution in [0.1, 0.15) is 6.92 Å². The number of nitrogens with zero attached hydrogens (tertiary/aromatic N) is 2. The Hall–Kier alpha value is -2.43. The average molecular weight is 244 g/mol. The smallest absolute Gasteiger partial charge is 0.363 e. The summed E-state index contributed by atoms with van der Waals surface area (Å²) in [5.41, 5.74) is 1.78. The van der Waals surface area contributed by atoms with Gasteiger partial charge < -0.3 is 14.9 Å². The Morgan fingerprint density at radius 2 is 1.83 bits per heavy atom. The summed E-state index contributed by atoms with van der Waals surface area (Å²) in [5, 5.41) is 10.5. The van der Waals surface area contributed by atoms with Gasteiger partial charge in [-0.15, -0.1) is 0 Å². The van der Waals surface area contributed by atoms with Gasteiger partial charge in [-0.2, -0.15) is 0 Å². The Balaban J connectivity index is 2.23. The highest BCUT2D eigenvalue weighted by molar-refractivity contribution is 5.63. The van der Waals surface area contributed by atoms with Crippen molar-refractivity contribution in [3.8, 4) is 16.9 Å². The molecule has 0 aliphatic heterocycles. The maximum Gasteiger partial charge on any atom is 0.363 e. The van der Waals surface area contributed by atoms with E-state index in [0.717, 1.165) is 16.9 Å². The van der Waals surface area contributed by atoms with Crippen LogP contribution in [0.25, 0.3) is 11.1 Å². The van der Waals surface area contributed by atoms with Crippen molar-refractivity contribution in [2.45, 2.75) is 6.92 Å². The van der Waals surface area contributed by atoms with E-state index in [0.29, 0.717) is 6.61 Å². The summed E-state index contributed by atoms with van der Waals surface area (Å²) in [7, 11) is 0. The van der Waals surface area contributed by atoms with E-state index < -0.39 is 4.92 Å². The summed E-state index contributed by atoms with van der Waals surface area (Å²) < 4.78 is 5.34.